The van der Waals surface area contributed by atoms with Crippen molar-refractivity contribution >= 4 is 0 Å². The van der Waals surface area contributed by atoms with Crippen molar-refractivity contribution in [2.45, 2.75) is 19.0 Å². The number of nitrogens with one attached hydrogen (secondary N) is 2. The molecule has 1 heterocycles. The van der Waals surface area contributed by atoms with Crippen molar-refractivity contribution in [2.24, 2.45) is 0 Å². The van der Waals surface area contributed by atoms with Crippen LogP contribution in [0.5, 0.6) is 5.75 Å². The van der Waals surface area contributed by atoms with Crippen molar-refractivity contribution in [1.29, 1.82) is 0 Å². The third-order valence-electron chi connectivity index (χ3n) is 2.88. The topological polar surface area (TPSA) is 33.3 Å². The summed E-state index contributed by atoms with van der Waals surface area (Å²) in [4.78, 5) is 0. The zero-order chi connectivity index (χ0) is 10.7. The van der Waals surface area contributed by atoms with Gasteiger partial charge in [0.15, 0.2) is 0 Å². The highest BCUT2D eigenvalue weighted by atomic mass is 16.5. The summed E-state index contributed by atoms with van der Waals surface area (Å²) in [7, 11) is 1.69. The quantitative estimate of drug-likeness (QED) is 0.779. The molecule has 1 aromatic rings. The molecule has 1 aliphatic rings. The Bertz CT molecular complexity index is 306. The number of rotatable bonds is 4. The van der Waals surface area contributed by atoms with Crippen molar-refractivity contribution in [3.63, 3.8) is 0 Å². The molecule has 0 radical (unpaired) electrons. The molecule has 3 nitrogen and oxygen atoms in total. The molecule has 82 valence electrons. The SMILES string of the molecule is COc1ccc([C@@H](C)NC2CNC2)cc1. The molecule has 0 saturated carbocycles. The molecule has 1 aromatic carbocycles. The summed E-state index contributed by atoms with van der Waals surface area (Å²) in [6.07, 6.45) is 0. The van der Waals surface area contributed by atoms with E-state index in [-0.39, 0.29) is 0 Å². The first-order chi connectivity index (χ1) is 7.29. The molecule has 0 unspecified atom stereocenters. The van der Waals surface area contributed by atoms with Gasteiger partial charge in [0, 0.05) is 25.2 Å². The molecule has 0 aromatic heterocycles. The van der Waals surface area contributed by atoms with Crippen molar-refractivity contribution in [3.8, 4) is 5.75 Å². The summed E-state index contributed by atoms with van der Waals surface area (Å²) in [5.74, 6) is 0.913. The number of hydrogen-bond acceptors (Lipinski definition) is 3. The first-order valence-corrected chi connectivity index (χ1v) is 5.40. The van der Waals surface area contributed by atoms with Gasteiger partial charge in [-0.25, -0.2) is 0 Å². The Balaban J connectivity index is 1.94. The van der Waals surface area contributed by atoms with Gasteiger partial charge in [0.25, 0.3) is 0 Å². The van der Waals surface area contributed by atoms with Gasteiger partial charge in [0.05, 0.1) is 7.11 Å². The second kappa shape index (κ2) is 4.64. The fourth-order valence-electron chi connectivity index (χ4n) is 1.75. The minimum absolute atomic E-state index is 0.406. The summed E-state index contributed by atoms with van der Waals surface area (Å²) >= 11 is 0. The molecule has 1 saturated heterocycles. The molecule has 2 rings (SSSR count). The van der Waals surface area contributed by atoms with Crippen LogP contribution in [0.25, 0.3) is 0 Å². The van der Waals surface area contributed by atoms with E-state index in [1.807, 2.05) is 12.1 Å². The lowest BCUT2D eigenvalue weighted by atomic mass is 10.1. The monoisotopic (exact) mass is 206 g/mol. The predicted octanol–water partition coefficient (Wildman–Crippen LogP) is 1.32. The molecular formula is C12H18N2O. The van der Waals surface area contributed by atoms with E-state index >= 15 is 0 Å². The van der Waals surface area contributed by atoms with E-state index in [9.17, 15) is 0 Å². The number of methoxy groups -OCH3 is 1. The van der Waals surface area contributed by atoms with E-state index < -0.39 is 0 Å². The fraction of sp³-hybridized carbons (Fsp3) is 0.500. The van der Waals surface area contributed by atoms with E-state index in [0.29, 0.717) is 12.1 Å². The molecule has 0 bridgehead atoms. The zero-order valence-electron chi connectivity index (χ0n) is 9.29. The van der Waals surface area contributed by atoms with Crippen LogP contribution in [0.3, 0.4) is 0 Å². The van der Waals surface area contributed by atoms with Crippen LogP contribution >= 0.6 is 0 Å². The largest absolute Gasteiger partial charge is 0.497 e. The van der Waals surface area contributed by atoms with Crippen molar-refractivity contribution in [1.82, 2.24) is 10.6 Å². The maximum absolute atomic E-state index is 5.13. The Kier molecular flexibility index (Phi) is 3.23. The molecule has 2 N–H and O–H groups in total. The van der Waals surface area contributed by atoms with Crippen LogP contribution in [0.1, 0.15) is 18.5 Å². The van der Waals surface area contributed by atoms with E-state index in [0.717, 1.165) is 18.8 Å². The van der Waals surface area contributed by atoms with Crippen LogP contribution in [0.15, 0.2) is 24.3 Å². The Morgan fingerprint density at radius 2 is 2.00 bits per heavy atom. The van der Waals surface area contributed by atoms with E-state index in [4.69, 9.17) is 4.74 Å². The smallest absolute Gasteiger partial charge is 0.118 e. The van der Waals surface area contributed by atoms with Gasteiger partial charge >= 0.3 is 0 Å². The van der Waals surface area contributed by atoms with Crippen LogP contribution in [-0.4, -0.2) is 26.2 Å². The summed E-state index contributed by atoms with van der Waals surface area (Å²) in [6.45, 7) is 4.36. The van der Waals surface area contributed by atoms with Gasteiger partial charge in [-0.05, 0) is 24.6 Å². The molecule has 1 aliphatic heterocycles. The highest BCUT2D eigenvalue weighted by molar-refractivity contribution is 5.28. The summed E-state index contributed by atoms with van der Waals surface area (Å²) in [5, 5.41) is 6.82. The summed E-state index contributed by atoms with van der Waals surface area (Å²) < 4.78 is 5.13. The van der Waals surface area contributed by atoms with Crippen LogP contribution in [0.4, 0.5) is 0 Å². The maximum atomic E-state index is 5.13. The van der Waals surface area contributed by atoms with E-state index in [2.05, 4.69) is 29.7 Å². The third kappa shape index (κ3) is 2.49. The second-order valence-electron chi connectivity index (χ2n) is 4.02. The standard InChI is InChI=1S/C12H18N2O/c1-9(14-11-7-13-8-11)10-3-5-12(15-2)6-4-10/h3-6,9,11,13-14H,7-8H2,1-2H3/t9-/m1/s1. The number of hydrogen-bond donors (Lipinski definition) is 2. The Morgan fingerprint density at radius 3 is 2.47 bits per heavy atom. The average molecular weight is 206 g/mol. The molecule has 1 atom stereocenters. The summed E-state index contributed by atoms with van der Waals surface area (Å²) in [5.41, 5.74) is 1.31. The van der Waals surface area contributed by atoms with E-state index in [1.165, 1.54) is 5.56 Å². The molecule has 15 heavy (non-hydrogen) atoms. The zero-order valence-corrected chi connectivity index (χ0v) is 9.29. The van der Waals surface area contributed by atoms with Crippen LogP contribution in [0, 0.1) is 0 Å². The first-order valence-electron chi connectivity index (χ1n) is 5.40. The maximum Gasteiger partial charge on any atom is 0.118 e. The van der Waals surface area contributed by atoms with Gasteiger partial charge < -0.3 is 15.4 Å². The van der Waals surface area contributed by atoms with Gasteiger partial charge in [0.2, 0.25) is 0 Å². The molecule has 1 fully saturated rings. The van der Waals surface area contributed by atoms with Crippen LogP contribution in [-0.2, 0) is 0 Å². The molecule has 3 heteroatoms. The van der Waals surface area contributed by atoms with E-state index in [1.54, 1.807) is 7.11 Å². The van der Waals surface area contributed by atoms with Gasteiger partial charge in [-0.3, -0.25) is 0 Å². The lowest BCUT2D eigenvalue weighted by Gasteiger charge is -2.31. The van der Waals surface area contributed by atoms with Gasteiger partial charge in [-0.2, -0.15) is 0 Å². The minimum atomic E-state index is 0.406. The molecule has 0 spiro atoms. The van der Waals surface area contributed by atoms with Crippen LogP contribution in [0.2, 0.25) is 0 Å². The highest BCUT2D eigenvalue weighted by Crippen LogP contribution is 2.17. The normalized spacial score (nSPS) is 18.3. The lowest BCUT2D eigenvalue weighted by Crippen LogP contribution is -2.55. The summed E-state index contributed by atoms with van der Waals surface area (Å²) in [6, 6.07) is 9.27. The molecule has 0 amide bonds. The third-order valence-corrected chi connectivity index (χ3v) is 2.88. The van der Waals surface area contributed by atoms with Gasteiger partial charge in [-0.1, -0.05) is 12.1 Å². The Morgan fingerprint density at radius 1 is 1.33 bits per heavy atom. The van der Waals surface area contributed by atoms with Crippen LogP contribution < -0.4 is 15.4 Å². The molecule has 0 aliphatic carbocycles. The van der Waals surface area contributed by atoms with Crippen molar-refractivity contribution < 1.29 is 4.74 Å². The fourth-order valence-corrected chi connectivity index (χ4v) is 1.75. The minimum Gasteiger partial charge on any atom is -0.497 e. The van der Waals surface area contributed by atoms with Crippen molar-refractivity contribution in [3.05, 3.63) is 29.8 Å². The lowest BCUT2D eigenvalue weighted by molar-refractivity contribution is 0.338. The highest BCUT2D eigenvalue weighted by Gasteiger charge is 2.18. The Labute approximate surface area is 90.8 Å². The Hall–Kier alpha value is -1.06. The van der Waals surface area contributed by atoms with Gasteiger partial charge in [0.1, 0.15) is 5.75 Å². The average Bonchev–Trinajstić information content (AvgIpc) is 2.23. The first kappa shape index (κ1) is 10.5. The number of benzene rings is 1. The second-order valence-corrected chi connectivity index (χ2v) is 4.02. The molecular weight excluding hydrogens is 188 g/mol. The predicted molar refractivity (Wildman–Crippen MR) is 61.2 cm³/mol. The van der Waals surface area contributed by atoms with Crippen molar-refractivity contribution in [2.75, 3.05) is 20.2 Å². The van der Waals surface area contributed by atoms with Gasteiger partial charge in [-0.15, -0.1) is 0 Å². The number of ether oxygens (including phenoxy) is 1.